The molecule has 3 aliphatic heterocycles. The van der Waals surface area contributed by atoms with E-state index in [0.717, 1.165) is 66.7 Å². The van der Waals surface area contributed by atoms with Crippen LogP contribution in [0.4, 0.5) is 4.79 Å². The van der Waals surface area contributed by atoms with Crippen molar-refractivity contribution in [3.05, 3.63) is 166 Å². The van der Waals surface area contributed by atoms with Gasteiger partial charge in [0.15, 0.2) is 0 Å². The molecule has 5 N–H and O–H groups in total. The molecule has 1 amide bonds. The van der Waals surface area contributed by atoms with Crippen LogP contribution in [0.5, 0.6) is 11.5 Å². The third-order valence-electron chi connectivity index (χ3n) is 11.3. The highest BCUT2D eigenvalue weighted by molar-refractivity contribution is 5.87. The predicted octanol–water partition coefficient (Wildman–Crippen LogP) is 7.26. The topological polar surface area (TPSA) is 136 Å². The lowest BCUT2D eigenvalue weighted by Crippen LogP contribution is -2.52. The second-order valence-electron chi connectivity index (χ2n) is 15.1. The van der Waals surface area contributed by atoms with Gasteiger partial charge in [0.25, 0.3) is 0 Å². The van der Waals surface area contributed by atoms with E-state index in [0.29, 0.717) is 47.8 Å². The van der Waals surface area contributed by atoms with Crippen molar-refractivity contribution in [1.29, 1.82) is 0 Å². The van der Waals surface area contributed by atoms with Crippen LogP contribution in [0.25, 0.3) is 22.0 Å². The first-order valence-electron chi connectivity index (χ1n) is 19.8. The maximum atomic E-state index is 13.3. The summed E-state index contributed by atoms with van der Waals surface area (Å²) < 4.78 is 12.3. The molecule has 10 heteroatoms. The Morgan fingerprint density at radius 2 is 1.61 bits per heavy atom. The SMILES string of the molecule is O=C(NC(c1ccccc1)c1cccc(OCc2cccc(-c3ccc(CCNC[C@@H](O)c4ccc(O)c5[nH]c(=O)ccc45)cc3)c2)c1)O[C@H]1CN2CCC1CC2. The summed E-state index contributed by atoms with van der Waals surface area (Å²) in [5.41, 5.74) is 6.93. The van der Waals surface area contributed by atoms with Crippen molar-refractivity contribution in [3.63, 3.8) is 0 Å². The number of aromatic nitrogens is 1. The molecule has 3 fully saturated rings. The molecule has 3 atom stereocenters. The number of pyridine rings is 1. The molecule has 1 aromatic heterocycles. The number of aliphatic hydroxyl groups excluding tert-OH is 1. The molecule has 4 heterocycles. The van der Waals surface area contributed by atoms with E-state index in [1.54, 1.807) is 12.1 Å². The van der Waals surface area contributed by atoms with Gasteiger partial charge in [0, 0.05) is 24.5 Å². The molecule has 0 saturated carbocycles. The molecule has 1 unspecified atom stereocenters. The maximum absolute atomic E-state index is 13.3. The Balaban J connectivity index is 0.853. The summed E-state index contributed by atoms with van der Waals surface area (Å²) >= 11 is 0. The van der Waals surface area contributed by atoms with Crippen LogP contribution in [0.3, 0.4) is 0 Å². The Kier molecular flexibility index (Phi) is 11.6. The Labute approximate surface area is 332 Å². The minimum absolute atomic E-state index is 0.0291. The number of alkyl carbamates (subject to hydrolysis) is 1. The number of H-pyrrole nitrogens is 1. The fourth-order valence-electron chi connectivity index (χ4n) is 8.12. The highest BCUT2D eigenvalue weighted by atomic mass is 16.6. The number of fused-ring (bicyclic) bond motifs is 4. The average molecular weight is 765 g/mol. The zero-order valence-corrected chi connectivity index (χ0v) is 31.8. The van der Waals surface area contributed by atoms with E-state index >= 15 is 0 Å². The van der Waals surface area contributed by atoms with Crippen LogP contribution in [0.15, 0.2) is 132 Å². The first-order valence-corrected chi connectivity index (χ1v) is 19.8. The van der Waals surface area contributed by atoms with Gasteiger partial charge < -0.3 is 35.3 Å². The van der Waals surface area contributed by atoms with Crippen LogP contribution in [0.2, 0.25) is 0 Å². The van der Waals surface area contributed by atoms with Crippen molar-refractivity contribution < 1.29 is 24.5 Å². The Bertz CT molecular complexity index is 2360. The lowest BCUT2D eigenvalue weighted by atomic mass is 9.86. The summed E-state index contributed by atoms with van der Waals surface area (Å²) in [6.07, 6.45) is 1.67. The predicted molar refractivity (Wildman–Crippen MR) is 221 cm³/mol. The fraction of sp³-hybridized carbons (Fsp3) is 0.277. The Morgan fingerprint density at radius 1 is 0.825 bits per heavy atom. The first kappa shape index (κ1) is 38.0. The summed E-state index contributed by atoms with van der Waals surface area (Å²) in [6, 6.07) is 40.4. The van der Waals surface area contributed by atoms with Crippen molar-refractivity contribution in [2.75, 3.05) is 32.7 Å². The molecule has 2 bridgehead atoms. The second kappa shape index (κ2) is 17.5. The maximum Gasteiger partial charge on any atom is 0.408 e. The molecule has 0 radical (unpaired) electrons. The van der Waals surface area contributed by atoms with E-state index < -0.39 is 18.2 Å². The zero-order chi connectivity index (χ0) is 39.1. The van der Waals surface area contributed by atoms with Gasteiger partial charge in [-0.2, -0.15) is 0 Å². The van der Waals surface area contributed by atoms with E-state index in [1.807, 2.05) is 60.7 Å². The molecule has 6 aromatic rings. The number of carbonyl (C=O) groups is 1. The quantitative estimate of drug-likeness (QED) is 0.0733. The van der Waals surface area contributed by atoms with Gasteiger partial charge in [-0.15, -0.1) is 0 Å². The summed E-state index contributed by atoms with van der Waals surface area (Å²) in [4.78, 5) is 30.0. The number of benzene rings is 5. The number of aromatic amines is 1. The van der Waals surface area contributed by atoms with Gasteiger partial charge in [-0.25, -0.2) is 4.79 Å². The molecule has 57 heavy (non-hydrogen) atoms. The number of aliphatic hydroxyl groups is 1. The summed E-state index contributed by atoms with van der Waals surface area (Å²) in [6.45, 7) is 4.37. The van der Waals surface area contributed by atoms with Crippen LogP contribution >= 0.6 is 0 Å². The number of aromatic hydroxyl groups is 1. The number of hydrogen-bond acceptors (Lipinski definition) is 8. The fourth-order valence-corrected chi connectivity index (χ4v) is 8.12. The van der Waals surface area contributed by atoms with Gasteiger partial charge in [-0.05, 0) is 114 Å². The van der Waals surface area contributed by atoms with E-state index in [4.69, 9.17) is 9.47 Å². The van der Waals surface area contributed by atoms with Gasteiger partial charge in [0.2, 0.25) is 5.56 Å². The van der Waals surface area contributed by atoms with Crippen molar-refractivity contribution in [2.45, 2.75) is 44.1 Å². The lowest BCUT2D eigenvalue weighted by molar-refractivity contribution is -0.0336. The van der Waals surface area contributed by atoms with Crippen molar-refractivity contribution in [3.8, 4) is 22.6 Å². The van der Waals surface area contributed by atoms with Crippen molar-refractivity contribution >= 4 is 17.0 Å². The van der Waals surface area contributed by atoms with Crippen molar-refractivity contribution in [2.24, 2.45) is 5.92 Å². The second-order valence-corrected chi connectivity index (χ2v) is 15.1. The van der Waals surface area contributed by atoms with Crippen LogP contribution < -0.4 is 20.9 Å². The number of phenols is 1. The summed E-state index contributed by atoms with van der Waals surface area (Å²) in [5.74, 6) is 1.12. The molecular formula is C47H48N4O6. The number of nitrogens with one attached hydrogen (secondary N) is 3. The molecule has 3 aliphatic rings. The molecule has 10 nitrogen and oxygen atoms in total. The van der Waals surface area contributed by atoms with E-state index in [-0.39, 0.29) is 17.4 Å². The monoisotopic (exact) mass is 764 g/mol. The number of rotatable bonds is 14. The number of piperidine rings is 3. The van der Waals surface area contributed by atoms with Crippen LogP contribution in [0.1, 0.15) is 52.8 Å². The van der Waals surface area contributed by atoms with E-state index in [2.05, 4.69) is 63.0 Å². The average Bonchev–Trinajstić information content (AvgIpc) is 3.25. The number of ether oxygens (including phenoxy) is 2. The number of amides is 1. The number of nitrogens with zero attached hydrogens (tertiary/aromatic N) is 1. The van der Waals surface area contributed by atoms with Crippen molar-refractivity contribution in [1.82, 2.24) is 20.5 Å². The van der Waals surface area contributed by atoms with Gasteiger partial charge >= 0.3 is 6.09 Å². The van der Waals surface area contributed by atoms with Gasteiger partial charge in [0.05, 0.1) is 17.7 Å². The normalized spacial score (nSPS) is 18.5. The largest absolute Gasteiger partial charge is 0.506 e. The smallest absolute Gasteiger partial charge is 0.408 e. The molecule has 0 spiro atoms. The highest BCUT2D eigenvalue weighted by Gasteiger charge is 2.37. The Hall–Kier alpha value is -5.94. The lowest BCUT2D eigenvalue weighted by Gasteiger charge is -2.43. The highest BCUT2D eigenvalue weighted by Crippen LogP contribution is 2.32. The molecule has 5 aromatic carbocycles. The third kappa shape index (κ3) is 9.21. The molecule has 292 valence electrons. The molecule has 0 aliphatic carbocycles. The van der Waals surface area contributed by atoms with Crippen LogP contribution in [0, 0.1) is 5.92 Å². The standard InChI is InChI=1S/C47H48N4O6/c52-41-18-16-39(40-17-19-44(54)49-46(40)41)42(53)28-48-23-20-31-12-14-33(15-13-31)36-9-4-6-32(26-36)30-56-38-11-5-10-37(27-38)45(35-7-2-1-3-8-35)50-47(55)57-43-29-51-24-21-34(43)22-25-51/h1-19,26-27,34,42-43,45,48,52-53H,20-25,28-30H2,(H,49,54)(H,50,55)/t42-,43+,45?/m1/s1. The molecule has 3 saturated heterocycles. The minimum atomic E-state index is -0.806. The van der Waals surface area contributed by atoms with Crippen LogP contribution in [-0.2, 0) is 17.8 Å². The molecule has 9 rings (SSSR count). The summed E-state index contributed by atoms with van der Waals surface area (Å²) in [5, 5.41) is 28.1. The van der Waals surface area contributed by atoms with Crippen LogP contribution in [-0.4, -0.2) is 65.0 Å². The van der Waals surface area contributed by atoms with Gasteiger partial charge in [-0.3, -0.25) is 9.69 Å². The Morgan fingerprint density at radius 3 is 2.40 bits per heavy atom. The van der Waals surface area contributed by atoms with Gasteiger partial charge in [0.1, 0.15) is 24.2 Å². The first-order chi connectivity index (χ1) is 27.9. The van der Waals surface area contributed by atoms with Gasteiger partial charge in [-0.1, -0.05) is 91.0 Å². The van der Waals surface area contributed by atoms with E-state index in [1.165, 1.54) is 17.7 Å². The number of phenolic OH excluding ortho intramolecular Hbond substituents is 1. The third-order valence-corrected chi connectivity index (χ3v) is 11.3. The number of hydrogen-bond donors (Lipinski definition) is 5. The van der Waals surface area contributed by atoms with E-state index in [9.17, 15) is 19.8 Å². The summed E-state index contributed by atoms with van der Waals surface area (Å²) in [7, 11) is 0. The molecular weight excluding hydrogens is 717 g/mol. The minimum Gasteiger partial charge on any atom is -0.506 e. The number of carbonyl (C=O) groups excluding carboxylic acids is 1. The zero-order valence-electron chi connectivity index (χ0n) is 31.8.